The van der Waals surface area contributed by atoms with Gasteiger partial charge in [-0.3, -0.25) is 0 Å². The minimum atomic E-state index is -4.94. The molecule has 174 valence electrons. The largest absolute Gasteiger partial charge is 0.457 e. The van der Waals surface area contributed by atoms with Crippen molar-refractivity contribution in [1.82, 2.24) is 9.78 Å². The standard InChI is InChI=1S/C25H18F4N2O3/c26-19-4-6-20(7-5-19)31-22-8-3-18(12-17(22)13-30-31)24(33,25(27,28)29)10-9-15-1-2-16-14-34-23(32)21(16)11-15/h1-8,11-13,33H,9-10,14H2. The van der Waals surface area contributed by atoms with Crippen LogP contribution in [0.1, 0.15) is 33.5 Å². The van der Waals surface area contributed by atoms with Crippen LogP contribution in [0.2, 0.25) is 0 Å². The molecule has 1 aliphatic heterocycles. The van der Waals surface area contributed by atoms with Crippen LogP contribution in [0, 0.1) is 5.82 Å². The Morgan fingerprint density at radius 3 is 2.53 bits per heavy atom. The van der Waals surface area contributed by atoms with Crippen molar-refractivity contribution in [2.45, 2.75) is 31.2 Å². The third-order valence-corrected chi connectivity index (χ3v) is 6.11. The highest BCUT2D eigenvalue weighted by Gasteiger charge is 2.54. The topological polar surface area (TPSA) is 64.3 Å². The first-order chi connectivity index (χ1) is 16.2. The molecule has 1 aliphatic rings. The second-order valence-corrected chi connectivity index (χ2v) is 8.23. The van der Waals surface area contributed by atoms with Crippen LogP contribution in [0.3, 0.4) is 0 Å². The Bertz CT molecular complexity index is 1400. The first-order valence-electron chi connectivity index (χ1n) is 10.5. The maximum atomic E-state index is 14.1. The van der Waals surface area contributed by atoms with Gasteiger partial charge in [0, 0.05) is 10.9 Å². The summed E-state index contributed by atoms with van der Waals surface area (Å²) in [4.78, 5) is 11.8. The van der Waals surface area contributed by atoms with Crippen molar-refractivity contribution in [2.24, 2.45) is 0 Å². The number of cyclic esters (lactones) is 1. The summed E-state index contributed by atoms with van der Waals surface area (Å²) in [6.07, 6.45) is -4.29. The van der Waals surface area contributed by atoms with Gasteiger partial charge in [-0.2, -0.15) is 18.3 Å². The zero-order valence-corrected chi connectivity index (χ0v) is 17.6. The molecule has 0 bridgehead atoms. The number of esters is 1. The lowest BCUT2D eigenvalue weighted by atomic mass is 9.86. The van der Waals surface area contributed by atoms with Crippen molar-refractivity contribution in [1.29, 1.82) is 0 Å². The molecule has 1 atom stereocenters. The van der Waals surface area contributed by atoms with Gasteiger partial charge in [0.05, 0.1) is 23.0 Å². The fourth-order valence-corrected chi connectivity index (χ4v) is 4.17. The predicted octanol–water partition coefficient (Wildman–Crippen LogP) is 5.22. The number of halogens is 4. The van der Waals surface area contributed by atoms with Crippen LogP contribution in [0.25, 0.3) is 16.6 Å². The number of carbonyl (C=O) groups excluding carboxylic acids is 1. The molecule has 4 aromatic rings. The Kier molecular flexibility index (Phi) is 5.16. The van der Waals surface area contributed by atoms with Crippen molar-refractivity contribution in [2.75, 3.05) is 0 Å². The van der Waals surface area contributed by atoms with Crippen LogP contribution in [0.4, 0.5) is 17.6 Å². The highest BCUT2D eigenvalue weighted by molar-refractivity contribution is 5.93. The maximum absolute atomic E-state index is 14.1. The van der Waals surface area contributed by atoms with Gasteiger partial charge in [-0.05, 0) is 66.4 Å². The van der Waals surface area contributed by atoms with Crippen molar-refractivity contribution < 1.29 is 32.2 Å². The lowest BCUT2D eigenvalue weighted by Gasteiger charge is -2.31. The highest BCUT2D eigenvalue weighted by atomic mass is 19.4. The second-order valence-electron chi connectivity index (χ2n) is 8.23. The third kappa shape index (κ3) is 3.71. The van der Waals surface area contributed by atoms with Gasteiger partial charge < -0.3 is 9.84 Å². The Morgan fingerprint density at radius 2 is 1.79 bits per heavy atom. The lowest BCUT2D eigenvalue weighted by Crippen LogP contribution is -2.42. The number of ether oxygens (including phenoxy) is 1. The Balaban J connectivity index is 1.47. The minimum absolute atomic E-state index is 0.108. The zero-order chi connectivity index (χ0) is 24.1. The van der Waals surface area contributed by atoms with E-state index in [1.54, 1.807) is 12.1 Å². The molecule has 0 aliphatic carbocycles. The number of nitrogens with zero attached hydrogens (tertiary/aromatic N) is 2. The molecule has 5 rings (SSSR count). The van der Waals surface area contributed by atoms with Crippen LogP contribution in [0.15, 0.2) is 66.9 Å². The van der Waals surface area contributed by atoms with E-state index in [1.165, 1.54) is 59.4 Å². The van der Waals surface area contributed by atoms with E-state index in [0.29, 0.717) is 33.3 Å². The first-order valence-corrected chi connectivity index (χ1v) is 10.5. The van der Waals surface area contributed by atoms with Gasteiger partial charge in [0.15, 0.2) is 5.60 Å². The molecule has 0 amide bonds. The summed E-state index contributed by atoms with van der Waals surface area (Å²) >= 11 is 0. The molecular weight excluding hydrogens is 452 g/mol. The summed E-state index contributed by atoms with van der Waals surface area (Å²) in [6.45, 7) is 0.145. The van der Waals surface area contributed by atoms with Gasteiger partial charge in [-0.1, -0.05) is 18.2 Å². The van der Waals surface area contributed by atoms with Crippen molar-refractivity contribution >= 4 is 16.9 Å². The third-order valence-electron chi connectivity index (χ3n) is 6.11. The minimum Gasteiger partial charge on any atom is -0.457 e. The molecule has 34 heavy (non-hydrogen) atoms. The number of hydrogen-bond donors (Lipinski definition) is 1. The van der Waals surface area contributed by atoms with Crippen molar-refractivity contribution in [3.05, 3.63) is 94.9 Å². The summed E-state index contributed by atoms with van der Waals surface area (Å²) in [5.41, 5.74) is -0.857. The molecule has 0 fully saturated rings. The number of alkyl halides is 3. The number of carbonyl (C=O) groups is 1. The fourth-order valence-electron chi connectivity index (χ4n) is 4.17. The van der Waals surface area contributed by atoms with Crippen LogP contribution in [-0.4, -0.2) is 27.0 Å². The number of aryl methyl sites for hydroxylation is 1. The van der Waals surface area contributed by atoms with Gasteiger partial charge in [0.1, 0.15) is 12.4 Å². The summed E-state index contributed by atoms with van der Waals surface area (Å²) < 4.78 is 62.0. The molecule has 1 aromatic heterocycles. The molecule has 1 unspecified atom stereocenters. The van der Waals surface area contributed by atoms with E-state index in [2.05, 4.69) is 5.10 Å². The molecule has 5 nitrogen and oxygen atoms in total. The Hall–Kier alpha value is -3.72. The smallest absolute Gasteiger partial charge is 0.421 e. The van der Waals surface area contributed by atoms with E-state index in [0.717, 1.165) is 0 Å². The van der Waals surface area contributed by atoms with Gasteiger partial charge >= 0.3 is 12.1 Å². The molecule has 0 saturated heterocycles. The monoisotopic (exact) mass is 470 g/mol. The van der Waals surface area contributed by atoms with E-state index in [1.807, 2.05) is 0 Å². The van der Waals surface area contributed by atoms with Gasteiger partial charge in [0.25, 0.3) is 0 Å². The Morgan fingerprint density at radius 1 is 1.03 bits per heavy atom. The van der Waals surface area contributed by atoms with Crippen LogP contribution in [0.5, 0.6) is 0 Å². The van der Waals surface area contributed by atoms with E-state index < -0.39 is 30.0 Å². The number of hydrogen-bond acceptors (Lipinski definition) is 4. The van der Waals surface area contributed by atoms with Crippen LogP contribution >= 0.6 is 0 Å². The number of fused-ring (bicyclic) bond motifs is 2. The average molecular weight is 470 g/mol. The number of aliphatic hydroxyl groups is 1. The van der Waals surface area contributed by atoms with Crippen molar-refractivity contribution in [3.8, 4) is 5.69 Å². The average Bonchev–Trinajstić information content (AvgIpc) is 3.40. The Labute approximate surface area is 191 Å². The van der Waals surface area contributed by atoms with E-state index in [9.17, 15) is 27.5 Å². The summed E-state index contributed by atoms with van der Waals surface area (Å²) in [7, 11) is 0. The molecule has 2 heterocycles. The van der Waals surface area contributed by atoms with Crippen LogP contribution < -0.4 is 0 Å². The molecule has 1 N–H and O–H groups in total. The molecule has 3 aromatic carbocycles. The summed E-state index contributed by atoms with van der Waals surface area (Å²) in [6, 6.07) is 14.3. The molecule has 9 heteroatoms. The van der Waals surface area contributed by atoms with Gasteiger partial charge in [-0.15, -0.1) is 0 Å². The van der Waals surface area contributed by atoms with E-state index in [4.69, 9.17) is 4.74 Å². The molecule has 0 saturated carbocycles. The van der Waals surface area contributed by atoms with Gasteiger partial charge in [-0.25, -0.2) is 13.9 Å². The maximum Gasteiger partial charge on any atom is 0.421 e. The lowest BCUT2D eigenvalue weighted by molar-refractivity contribution is -0.269. The number of benzene rings is 3. The first kappa shape index (κ1) is 22.1. The van der Waals surface area contributed by atoms with E-state index in [-0.39, 0.29) is 18.6 Å². The fraction of sp³-hybridized carbons (Fsp3) is 0.200. The second kappa shape index (κ2) is 7.95. The SMILES string of the molecule is O=C1OCc2ccc(CCC(O)(c3ccc4c(cnn4-c4ccc(F)cc4)c3)C(F)(F)F)cc21. The van der Waals surface area contributed by atoms with E-state index >= 15 is 0 Å². The number of rotatable bonds is 5. The molecular formula is C25H18F4N2O3. The van der Waals surface area contributed by atoms with Crippen molar-refractivity contribution in [3.63, 3.8) is 0 Å². The summed E-state index contributed by atoms with van der Waals surface area (Å²) in [5, 5.41) is 15.4. The quantitative estimate of drug-likeness (QED) is 0.321. The van der Waals surface area contributed by atoms with Gasteiger partial charge in [0.2, 0.25) is 0 Å². The predicted molar refractivity (Wildman–Crippen MR) is 115 cm³/mol. The molecule has 0 spiro atoms. The summed E-state index contributed by atoms with van der Waals surface area (Å²) in [5.74, 6) is -0.926. The normalized spacial score (nSPS) is 15.3. The zero-order valence-electron chi connectivity index (χ0n) is 17.6. The number of aromatic nitrogens is 2. The highest BCUT2D eigenvalue weighted by Crippen LogP contribution is 2.43. The molecule has 0 radical (unpaired) electrons. The van der Waals surface area contributed by atoms with Crippen LogP contribution in [-0.2, 0) is 23.4 Å².